The van der Waals surface area contributed by atoms with E-state index in [-0.39, 0.29) is 6.10 Å². The van der Waals surface area contributed by atoms with Crippen LogP contribution in [-0.2, 0) is 0 Å². The van der Waals surface area contributed by atoms with Gasteiger partial charge in [-0.2, -0.15) is 0 Å². The van der Waals surface area contributed by atoms with Gasteiger partial charge in [0.15, 0.2) is 5.13 Å². The molecule has 5 rings (SSSR count). The van der Waals surface area contributed by atoms with E-state index in [2.05, 4.69) is 71.3 Å². The van der Waals surface area contributed by atoms with Crippen LogP contribution in [0.25, 0.3) is 11.3 Å². The molecule has 1 saturated carbocycles. The third-order valence-corrected chi connectivity index (χ3v) is 7.59. The topological polar surface area (TPSA) is 42.8 Å². The number of aromatic nitrogens is 1. The SMILES string of the molecule is Cc1sc(N2CCN(C3=CCN(C)C=C3)CC2)nc1-c1ccc(C2CC(O)C2)cc1. The number of hydrogen-bond donors (Lipinski definition) is 1. The number of aryl methyl sites for hydroxylation is 1. The summed E-state index contributed by atoms with van der Waals surface area (Å²) in [5.74, 6) is 0.520. The molecule has 30 heavy (non-hydrogen) atoms. The van der Waals surface area contributed by atoms with Crippen LogP contribution in [0.1, 0.15) is 29.2 Å². The average molecular weight is 423 g/mol. The van der Waals surface area contributed by atoms with E-state index in [1.54, 1.807) is 0 Å². The van der Waals surface area contributed by atoms with Gasteiger partial charge in [-0.25, -0.2) is 4.98 Å². The van der Waals surface area contributed by atoms with Crippen molar-refractivity contribution in [2.45, 2.75) is 31.8 Å². The number of rotatable bonds is 4. The van der Waals surface area contributed by atoms with Crippen LogP contribution in [0.4, 0.5) is 5.13 Å². The molecule has 1 aliphatic carbocycles. The molecule has 2 fully saturated rings. The van der Waals surface area contributed by atoms with Gasteiger partial charge >= 0.3 is 0 Å². The Morgan fingerprint density at radius 3 is 2.37 bits per heavy atom. The zero-order valence-electron chi connectivity index (χ0n) is 17.8. The van der Waals surface area contributed by atoms with Crippen molar-refractivity contribution in [3.63, 3.8) is 0 Å². The molecule has 158 valence electrons. The number of thiazole rings is 1. The van der Waals surface area contributed by atoms with Gasteiger partial charge in [0.25, 0.3) is 0 Å². The van der Waals surface area contributed by atoms with Gasteiger partial charge < -0.3 is 19.8 Å². The van der Waals surface area contributed by atoms with Crippen LogP contribution in [-0.4, -0.2) is 65.8 Å². The highest BCUT2D eigenvalue weighted by molar-refractivity contribution is 7.16. The Morgan fingerprint density at radius 1 is 1.03 bits per heavy atom. The molecule has 1 aromatic heterocycles. The first-order valence-corrected chi connectivity index (χ1v) is 11.7. The highest BCUT2D eigenvalue weighted by Gasteiger charge is 2.28. The molecule has 3 aliphatic rings. The van der Waals surface area contributed by atoms with E-state index < -0.39 is 0 Å². The van der Waals surface area contributed by atoms with Gasteiger partial charge in [-0.05, 0) is 43.4 Å². The molecule has 1 aromatic carbocycles. The zero-order valence-corrected chi connectivity index (χ0v) is 18.6. The maximum absolute atomic E-state index is 9.55. The van der Waals surface area contributed by atoms with Crippen molar-refractivity contribution in [2.24, 2.45) is 0 Å². The molecule has 0 bridgehead atoms. The fourth-order valence-corrected chi connectivity index (χ4v) is 5.50. The van der Waals surface area contributed by atoms with Crippen molar-refractivity contribution in [2.75, 3.05) is 44.7 Å². The van der Waals surface area contributed by atoms with Crippen molar-refractivity contribution in [3.05, 3.63) is 58.8 Å². The molecule has 3 heterocycles. The van der Waals surface area contributed by atoms with Gasteiger partial charge in [0.1, 0.15) is 0 Å². The molecule has 1 N–H and O–H groups in total. The Morgan fingerprint density at radius 2 is 1.73 bits per heavy atom. The lowest BCUT2D eigenvalue weighted by Crippen LogP contribution is -2.46. The maximum atomic E-state index is 9.55. The van der Waals surface area contributed by atoms with Crippen LogP contribution in [0.5, 0.6) is 0 Å². The number of hydrogen-bond acceptors (Lipinski definition) is 6. The van der Waals surface area contributed by atoms with Crippen molar-refractivity contribution in [3.8, 4) is 11.3 Å². The Bertz CT molecular complexity index is 950. The van der Waals surface area contributed by atoms with Gasteiger partial charge in [-0.1, -0.05) is 24.3 Å². The minimum atomic E-state index is -0.106. The molecule has 0 amide bonds. The highest BCUT2D eigenvalue weighted by Crippen LogP contribution is 2.38. The summed E-state index contributed by atoms with van der Waals surface area (Å²) in [5, 5.41) is 10.7. The molecule has 0 atom stereocenters. The van der Waals surface area contributed by atoms with E-state index in [1.807, 2.05) is 11.3 Å². The Labute approximate surface area is 182 Å². The lowest BCUT2D eigenvalue weighted by molar-refractivity contribution is 0.0746. The quantitative estimate of drug-likeness (QED) is 0.811. The van der Waals surface area contributed by atoms with Crippen LogP contribution in [0.15, 0.2) is 48.3 Å². The first kappa shape index (κ1) is 19.6. The number of benzene rings is 1. The van der Waals surface area contributed by atoms with Gasteiger partial charge in [-0.3, -0.25) is 0 Å². The molecule has 6 heteroatoms. The summed E-state index contributed by atoms with van der Waals surface area (Å²) in [6, 6.07) is 8.82. The van der Waals surface area contributed by atoms with Crippen molar-refractivity contribution < 1.29 is 5.11 Å². The van der Waals surface area contributed by atoms with E-state index in [4.69, 9.17) is 4.98 Å². The fraction of sp³-hybridized carbons (Fsp3) is 0.458. The second-order valence-electron chi connectivity index (χ2n) is 8.70. The van der Waals surface area contributed by atoms with Crippen molar-refractivity contribution in [1.82, 2.24) is 14.8 Å². The first-order valence-electron chi connectivity index (χ1n) is 10.9. The highest BCUT2D eigenvalue weighted by atomic mass is 32.1. The average Bonchev–Trinajstić information content (AvgIpc) is 3.14. The van der Waals surface area contributed by atoms with Gasteiger partial charge in [0, 0.05) is 62.1 Å². The van der Waals surface area contributed by atoms with Crippen LogP contribution in [0.3, 0.4) is 0 Å². The number of likely N-dealkylation sites (N-methyl/N-ethyl adjacent to an activating group) is 1. The molecule has 0 radical (unpaired) electrons. The predicted molar refractivity (Wildman–Crippen MR) is 124 cm³/mol. The molecule has 0 unspecified atom stereocenters. The molecule has 2 aromatic rings. The standard InChI is InChI=1S/C24H30N4OS/c1-17-23(19-5-3-18(4-6-19)20-15-22(29)16-20)25-24(30-17)28-13-11-27(12-14-28)21-7-9-26(2)10-8-21/h3-9,20,22,29H,10-16H2,1-2H3. The zero-order chi connectivity index (χ0) is 20.7. The van der Waals surface area contributed by atoms with Gasteiger partial charge in [-0.15, -0.1) is 11.3 Å². The second-order valence-corrected chi connectivity index (χ2v) is 9.89. The monoisotopic (exact) mass is 422 g/mol. The van der Waals surface area contributed by atoms with Crippen LogP contribution in [0.2, 0.25) is 0 Å². The third-order valence-electron chi connectivity index (χ3n) is 6.56. The molecule has 0 spiro atoms. The fourth-order valence-electron chi connectivity index (χ4n) is 4.52. The van der Waals surface area contributed by atoms with Crippen LogP contribution in [0, 0.1) is 6.92 Å². The van der Waals surface area contributed by atoms with Crippen molar-refractivity contribution in [1.29, 1.82) is 0 Å². The first-order chi connectivity index (χ1) is 14.6. The number of nitrogens with zero attached hydrogens (tertiary/aromatic N) is 4. The summed E-state index contributed by atoms with van der Waals surface area (Å²) >= 11 is 1.81. The van der Waals surface area contributed by atoms with Crippen LogP contribution < -0.4 is 4.90 Å². The number of anilines is 1. The Hall–Kier alpha value is -2.31. The smallest absolute Gasteiger partial charge is 0.186 e. The lowest BCUT2D eigenvalue weighted by Gasteiger charge is -2.37. The summed E-state index contributed by atoms with van der Waals surface area (Å²) in [6.45, 7) is 7.26. The van der Waals surface area contributed by atoms with E-state index in [0.717, 1.165) is 56.4 Å². The Balaban J connectivity index is 1.24. The number of aliphatic hydroxyl groups excluding tert-OH is 1. The summed E-state index contributed by atoms with van der Waals surface area (Å²) in [7, 11) is 2.11. The van der Waals surface area contributed by atoms with Gasteiger partial charge in [0.05, 0.1) is 11.8 Å². The van der Waals surface area contributed by atoms with E-state index in [1.165, 1.54) is 21.7 Å². The number of aliphatic hydroxyl groups is 1. The maximum Gasteiger partial charge on any atom is 0.186 e. The second kappa shape index (κ2) is 8.08. The predicted octanol–water partition coefficient (Wildman–Crippen LogP) is 3.82. The minimum absolute atomic E-state index is 0.106. The molecular formula is C24H30N4OS. The van der Waals surface area contributed by atoms with Crippen molar-refractivity contribution >= 4 is 16.5 Å². The lowest BCUT2D eigenvalue weighted by atomic mass is 9.77. The van der Waals surface area contributed by atoms with E-state index in [9.17, 15) is 5.11 Å². The Kier molecular flexibility index (Phi) is 5.29. The largest absolute Gasteiger partial charge is 0.393 e. The molecule has 2 aliphatic heterocycles. The molecular weight excluding hydrogens is 392 g/mol. The van der Waals surface area contributed by atoms with E-state index >= 15 is 0 Å². The normalized spacial score (nSPS) is 24.1. The minimum Gasteiger partial charge on any atom is -0.393 e. The van der Waals surface area contributed by atoms with E-state index in [0.29, 0.717) is 5.92 Å². The van der Waals surface area contributed by atoms with Crippen LogP contribution >= 0.6 is 11.3 Å². The third kappa shape index (κ3) is 3.86. The molecule has 5 nitrogen and oxygen atoms in total. The summed E-state index contributed by atoms with van der Waals surface area (Å²) in [5.41, 5.74) is 4.99. The molecule has 1 saturated heterocycles. The summed E-state index contributed by atoms with van der Waals surface area (Å²) in [6.07, 6.45) is 8.39. The number of allylic oxidation sites excluding steroid dienone is 1. The van der Waals surface area contributed by atoms with Gasteiger partial charge in [0.2, 0.25) is 0 Å². The number of piperazine rings is 1. The summed E-state index contributed by atoms with van der Waals surface area (Å²) < 4.78 is 0. The summed E-state index contributed by atoms with van der Waals surface area (Å²) in [4.78, 5) is 13.4.